The lowest BCUT2D eigenvalue weighted by molar-refractivity contribution is -0.0447. The van der Waals surface area contributed by atoms with Crippen molar-refractivity contribution in [1.29, 1.82) is 0 Å². The van der Waals surface area contributed by atoms with Gasteiger partial charge in [0, 0.05) is 13.1 Å². The van der Waals surface area contributed by atoms with Crippen molar-refractivity contribution in [2.24, 2.45) is 0 Å². The van der Waals surface area contributed by atoms with Crippen LogP contribution in [0.1, 0.15) is 6.42 Å². The lowest BCUT2D eigenvalue weighted by Crippen LogP contribution is -2.39. The highest BCUT2D eigenvalue weighted by molar-refractivity contribution is 7.90. The highest BCUT2D eigenvalue weighted by Gasteiger charge is 2.45. The molecule has 0 aliphatic heterocycles. The van der Waals surface area contributed by atoms with Gasteiger partial charge in [-0.25, -0.2) is 18.1 Å². The third-order valence-corrected chi connectivity index (χ3v) is 4.81. The molecule has 0 aliphatic rings. The molecule has 3 aromatic rings. The number of nitrogens with one attached hydrogen (secondary N) is 1. The van der Waals surface area contributed by atoms with Crippen LogP contribution >= 0.6 is 12.4 Å². The number of hydrogen-bond acceptors (Lipinski definition) is 5. The molecule has 1 N–H and O–H groups in total. The fourth-order valence-electron chi connectivity index (χ4n) is 2.45. The third-order valence-electron chi connectivity index (χ3n) is 3.61. The van der Waals surface area contributed by atoms with Gasteiger partial charge in [0.1, 0.15) is 16.7 Å². The summed E-state index contributed by atoms with van der Waals surface area (Å²) in [6.45, 7) is -0.804. The highest BCUT2D eigenvalue weighted by Crippen LogP contribution is 2.21. The molecule has 142 valence electrons. The number of rotatable bonds is 5. The summed E-state index contributed by atoms with van der Waals surface area (Å²) in [5.41, 5.74) is -5.91. The maximum absolute atomic E-state index is 12.4. The summed E-state index contributed by atoms with van der Waals surface area (Å²) in [4.78, 5) is 28.8. The first-order chi connectivity index (χ1) is 11.6. The number of halogens is 4. The van der Waals surface area contributed by atoms with E-state index in [1.165, 1.54) is 21.4 Å². The molecule has 0 saturated heterocycles. The van der Waals surface area contributed by atoms with Gasteiger partial charge >= 0.3 is 15.5 Å². The van der Waals surface area contributed by atoms with Crippen LogP contribution in [0.2, 0.25) is 0 Å². The second-order valence-corrected chi connectivity index (χ2v) is 6.97. The molecule has 0 unspecified atom stereocenters. The zero-order chi connectivity index (χ0) is 18.4. The largest absolute Gasteiger partial charge is 0.511 e. The maximum Gasteiger partial charge on any atom is 0.511 e. The van der Waals surface area contributed by atoms with E-state index in [9.17, 15) is 31.2 Å². The molecule has 0 saturated carbocycles. The lowest BCUT2D eigenvalue weighted by Gasteiger charge is -2.10. The van der Waals surface area contributed by atoms with Crippen molar-refractivity contribution >= 4 is 39.1 Å². The standard InChI is InChI=1S/C13H11F3N4O4S.ClH/c14-13(15,16)25(23,24)18-5-2-6-19-11(21)8-3-1-4-10-17-7-9(12(19)22)20(8)10;/h1,3-4,7,18H,2,5-6H2;1H. The van der Waals surface area contributed by atoms with E-state index in [0.717, 1.165) is 4.57 Å². The Morgan fingerprint density at radius 3 is 2.42 bits per heavy atom. The van der Waals surface area contributed by atoms with Crippen molar-refractivity contribution in [3.8, 4) is 0 Å². The summed E-state index contributed by atoms with van der Waals surface area (Å²) >= 11 is 0. The second kappa shape index (κ2) is 6.85. The van der Waals surface area contributed by atoms with Gasteiger partial charge in [-0.1, -0.05) is 6.07 Å². The van der Waals surface area contributed by atoms with Crippen molar-refractivity contribution in [3.63, 3.8) is 0 Å². The van der Waals surface area contributed by atoms with E-state index < -0.39 is 33.2 Å². The molecule has 0 spiro atoms. The summed E-state index contributed by atoms with van der Waals surface area (Å²) in [6, 6.07) is 4.70. The average Bonchev–Trinajstić information content (AvgIpc) is 2.96. The predicted octanol–water partition coefficient (Wildman–Crippen LogP) is 0.698. The number of alkyl halides is 3. The van der Waals surface area contributed by atoms with Gasteiger partial charge in [-0.2, -0.15) is 13.2 Å². The molecule has 26 heavy (non-hydrogen) atoms. The van der Waals surface area contributed by atoms with Crippen molar-refractivity contribution in [2.75, 3.05) is 6.54 Å². The van der Waals surface area contributed by atoms with Gasteiger partial charge in [-0.3, -0.25) is 18.6 Å². The van der Waals surface area contributed by atoms with Gasteiger partial charge in [0.25, 0.3) is 11.1 Å². The van der Waals surface area contributed by atoms with E-state index >= 15 is 0 Å². The second-order valence-electron chi connectivity index (χ2n) is 5.21. The number of nitrogens with zero attached hydrogens (tertiary/aromatic N) is 3. The molecule has 3 aromatic heterocycles. The average molecular weight is 413 g/mol. The molecule has 0 aliphatic carbocycles. The van der Waals surface area contributed by atoms with Crippen LogP contribution in [0.5, 0.6) is 0 Å². The molecule has 0 aromatic carbocycles. The van der Waals surface area contributed by atoms with Gasteiger partial charge in [0.15, 0.2) is 0 Å². The Labute approximate surface area is 150 Å². The molecule has 0 radical (unpaired) electrons. The van der Waals surface area contributed by atoms with E-state index in [1.54, 1.807) is 12.1 Å². The molecular weight excluding hydrogens is 401 g/mol. The number of pyridine rings is 1. The molecular formula is C13H12ClF3N4O4S. The van der Waals surface area contributed by atoms with Crippen LogP contribution in [0.4, 0.5) is 13.2 Å². The van der Waals surface area contributed by atoms with Crippen molar-refractivity contribution in [1.82, 2.24) is 18.7 Å². The fraction of sp³-hybridized carbons (Fsp3) is 0.308. The SMILES string of the molecule is Cl.O=c1c2cccc3ncc(c(=O)n1CCCNS(=O)(=O)C(F)(F)F)n32. The smallest absolute Gasteiger partial charge is 0.283 e. The zero-order valence-electron chi connectivity index (χ0n) is 12.9. The van der Waals surface area contributed by atoms with Gasteiger partial charge in [0.05, 0.1) is 6.20 Å². The van der Waals surface area contributed by atoms with Gasteiger partial charge in [0.2, 0.25) is 0 Å². The highest BCUT2D eigenvalue weighted by atomic mass is 35.5. The number of imidazole rings is 1. The van der Waals surface area contributed by atoms with E-state index in [1.807, 2.05) is 0 Å². The molecule has 0 atom stereocenters. The minimum Gasteiger partial charge on any atom is -0.283 e. The Morgan fingerprint density at radius 1 is 1.12 bits per heavy atom. The van der Waals surface area contributed by atoms with Crippen LogP contribution in [0.25, 0.3) is 16.7 Å². The zero-order valence-corrected chi connectivity index (χ0v) is 14.5. The third kappa shape index (κ3) is 3.27. The summed E-state index contributed by atoms with van der Waals surface area (Å²) in [7, 11) is -5.45. The molecule has 8 nitrogen and oxygen atoms in total. The monoisotopic (exact) mass is 412 g/mol. The van der Waals surface area contributed by atoms with Crippen LogP contribution in [-0.4, -0.2) is 34.4 Å². The molecule has 0 fully saturated rings. The minimum absolute atomic E-state index is 0. The Bertz CT molecular complexity index is 1160. The van der Waals surface area contributed by atoms with Crippen molar-refractivity contribution < 1.29 is 21.6 Å². The summed E-state index contributed by atoms with van der Waals surface area (Å²) in [5.74, 6) is 0. The molecule has 0 amide bonds. The van der Waals surface area contributed by atoms with Gasteiger partial charge in [-0.15, -0.1) is 12.4 Å². The van der Waals surface area contributed by atoms with Crippen molar-refractivity contribution in [2.45, 2.75) is 18.5 Å². The molecule has 3 heterocycles. The van der Waals surface area contributed by atoms with Gasteiger partial charge < -0.3 is 0 Å². The van der Waals surface area contributed by atoms with Crippen LogP contribution in [0.15, 0.2) is 34.0 Å². The first-order valence-corrected chi connectivity index (χ1v) is 8.50. The molecule has 13 heteroatoms. The Balaban J connectivity index is 0.00000243. The first-order valence-electron chi connectivity index (χ1n) is 7.02. The normalized spacial score (nSPS) is 12.6. The Hall–Kier alpha value is -2.18. The number of hydrogen-bond donors (Lipinski definition) is 1. The van der Waals surface area contributed by atoms with Crippen LogP contribution in [-0.2, 0) is 16.6 Å². The Morgan fingerprint density at radius 2 is 1.77 bits per heavy atom. The van der Waals surface area contributed by atoms with E-state index in [2.05, 4.69) is 4.98 Å². The lowest BCUT2D eigenvalue weighted by atomic mass is 10.3. The summed E-state index contributed by atoms with van der Waals surface area (Å²) < 4.78 is 62.1. The van der Waals surface area contributed by atoms with Crippen LogP contribution < -0.4 is 15.8 Å². The maximum atomic E-state index is 12.4. The number of aromatic nitrogens is 3. The van der Waals surface area contributed by atoms with Gasteiger partial charge in [-0.05, 0) is 18.6 Å². The Kier molecular flexibility index (Phi) is 5.31. The molecule has 0 bridgehead atoms. The van der Waals surface area contributed by atoms with E-state index in [0.29, 0.717) is 5.65 Å². The first kappa shape index (κ1) is 20.1. The van der Waals surface area contributed by atoms with Crippen LogP contribution in [0, 0.1) is 0 Å². The molecule has 3 rings (SSSR count). The van der Waals surface area contributed by atoms with E-state index in [-0.39, 0.29) is 36.4 Å². The summed E-state index contributed by atoms with van der Waals surface area (Å²) in [5, 5.41) is 0. The fourth-order valence-corrected chi connectivity index (χ4v) is 3.03. The topological polar surface area (TPSA) is 103 Å². The quantitative estimate of drug-likeness (QED) is 0.621. The van der Waals surface area contributed by atoms with E-state index in [4.69, 9.17) is 0 Å². The van der Waals surface area contributed by atoms with Crippen molar-refractivity contribution in [3.05, 3.63) is 45.1 Å². The number of sulfonamides is 1. The predicted molar refractivity (Wildman–Crippen MR) is 89.3 cm³/mol. The minimum atomic E-state index is -5.45. The summed E-state index contributed by atoms with van der Waals surface area (Å²) in [6.07, 6.45) is 1.13. The van der Waals surface area contributed by atoms with Crippen LogP contribution in [0.3, 0.4) is 0 Å².